The lowest BCUT2D eigenvalue weighted by molar-refractivity contribution is -0.142. The topological polar surface area (TPSA) is 48.9 Å². The third kappa shape index (κ3) is 4.44. The van der Waals surface area contributed by atoms with Crippen molar-refractivity contribution in [1.82, 2.24) is 19.7 Å². The van der Waals surface area contributed by atoms with Gasteiger partial charge in [-0.2, -0.15) is 0 Å². The zero-order valence-electron chi connectivity index (χ0n) is 15.5. The number of hydrogen-bond acceptors (Lipinski definition) is 6. The van der Waals surface area contributed by atoms with Gasteiger partial charge in [-0.25, -0.2) is 4.98 Å². The number of carbonyl (C=O) groups excluding carboxylic acids is 1. The monoisotopic (exact) mass is 378 g/mol. The summed E-state index contributed by atoms with van der Waals surface area (Å²) in [5.74, 6) is 0.550. The molecule has 1 aromatic rings. The number of piperidine rings is 2. The van der Waals surface area contributed by atoms with Crippen LogP contribution in [0.15, 0.2) is 10.9 Å². The van der Waals surface area contributed by atoms with Crippen molar-refractivity contribution in [2.24, 2.45) is 5.92 Å². The van der Waals surface area contributed by atoms with Crippen LogP contribution in [0.3, 0.4) is 0 Å². The molecule has 4 rings (SSSR count). The van der Waals surface area contributed by atoms with Crippen molar-refractivity contribution in [2.75, 3.05) is 52.5 Å². The minimum absolute atomic E-state index is 0.190. The molecule has 3 aliphatic heterocycles. The van der Waals surface area contributed by atoms with Gasteiger partial charge in [0.05, 0.1) is 30.3 Å². The number of nitrogens with zero attached hydrogens (tertiary/aromatic N) is 4. The van der Waals surface area contributed by atoms with Crippen LogP contribution in [0, 0.1) is 5.92 Å². The Morgan fingerprint density at radius 1 is 1.15 bits per heavy atom. The first kappa shape index (κ1) is 18.3. The number of aromatic nitrogens is 1. The smallest absolute Gasteiger partial charge is 0.227 e. The van der Waals surface area contributed by atoms with E-state index in [1.807, 2.05) is 10.4 Å². The average molecular weight is 379 g/mol. The fraction of sp³-hybridized carbons (Fsp3) is 0.789. The maximum absolute atomic E-state index is 12.8. The summed E-state index contributed by atoms with van der Waals surface area (Å²) in [7, 11) is 0. The van der Waals surface area contributed by atoms with E-state index in [9.17, 15) is 4.79 Å². The van der Waals surface area contributed by atoms with E-state index < -0.39 is 0 Å². The Labute approximate surface area is 160 Å². The largest absolute Gasteiger partial charge is 0.378 e. The van der Waals surface area contributed by atoms with Gasteiger partial charge in [0.25, 0.3) is 0 Å². The Kier molecular flexibility index (Phi) is 6.20. The Hall–Kier alpha value is -1.02. The summed E-state index contributed by atoms with van der Waals surface area (Å²) in [6.45, 7) is 8.29. The van der Waals surface area contributed by atoms with Crippen LogP contribution in [0.5, 0.6) is 0 Å². The van der Waals surface area contributed by atoms with Gasteiger partial charge in [0.15, 0.2) is 0 Å². The number of morpholine rings is 1. The summed E-state index contributed by atoms with van der Waals surface area (Å²) in [6.07, 6.45) is 4.63. The lowest BCUT2D eigenvalue weighted by Gasteiger charge is -2.43. The minimum Gasteiger partial charge on any atom is -0.378 e. The second-order valence-corrected chi connectivity index (χ2v) is 8.48. The van der Waals surface area contributed by atoms with Crippen molar-refractivity contribution in [2.45, 2.75) is 38.3 Å². The number of amides is 1. The third-order valence-corrected chi connectivity index (χ3v) is 6.70. The third-order valence-electron chi connectivity index (χ3n) is 6.07. The molecule has 0 aromatic carbocycles. The van der Waals surface area contributed by atoms with Gasteiger partial charge in [0.2, 0.25) is 5.91 Å². The summed E-state index contributed by atoms with van der Waals surface area (Å²) < 4.78 is 5.39. The molecule has 0 spiro atoms. The minimum atomic E-state index is 0.190. The second kappa shape index (κ2) is 8.78. The standard InChI is InChI=1S/C19H30N4O2S/c24-19(22-8-10-25-11-9-22)16-2-1-5-23(12-16)18-3-6-21(7-4-18)13-17-14-26-15-20-17/h14-16,18H,1-13H2/t16-/m1/s1. The molecule has 3 fully saturated rings. The molecule has 3 aliphatic rings. The van der Waals surface area contributed by atoms with E-state index in [0.29, 0.717) is 25.2 Å². The first-order chi connectivity index (χ1) is 12.8. The van der Waals surface area contributed by atoms with Crippen molar-refractivity contribution >= 4 is 17.2 Å². The Balaban J connectivity index is 1.26. The SMILES string of the molecule is O=C([C@@H]1CCCN(C2CCN(Cc3cscn3)CC2)C1)N1CCOCC1. The normalized spacial score (nSPS) is 26.9. The van der Waals surface area contributed by atoms with Crippen molar-refractivity contribution in [3.63, 3.8) is 0 Å². The van der Waals surface area contributed by atoms with Crippen LogP contribution in [-0.4, -0.2) is 84.1 Å². The molecule has 0 radical (unpaired) electrons. The summed E-state index contributed by atoms with van der Waals surface area (Å²) in [5.41, 5.74) is 3.11. The van der Waals surface area contributed by atoms with Gasteiger partial charge >= 0.3 is 0 Å². The number of likely N-dealkylation sites (tertiary alicyclic amines) is 2. The van der Waals surface area contributed by atoms with E-state index in [1.54, 1.807) is 11.3 Å². The molecule has 4 heterocycles. The van der Waals surface area contributed by atoms with Gasteiger partial charge in [0, 0.05) is 50.7 Å². The first-order valence-corrected chi connectivity index (χ1v) is 10.9. The number of ether oxygens (including phenoxy) is 1. The van der Waals surface area contributed by atoms with Gasteiger partial charge in [0.1, 0.15) is 0 Å². The molecule has 1 atom stereocenters. The average Bonchev–Trinajstić information content (AvgIpc) is 3.22. The van der Waals surface area contributed by atoms with Gasteiger partial charge in [-0.1, -0.05) is 0 Å². The van der Waals surface area contributed by atoms with Crippen LogP contribution >= 0.6 is 11.3 Å². The highest BCUT2D eigenvalue weighted by Crippen LogP contribution is 2.26. The lowest BCUT2D eigenvalue weighted by atomic mass is 9.92. The fourth-order valence-corrected chi connectivity index (χ4v) is 5.12. The summed E-state index contributed by atoms with van der Waals surface area (Å²) in [5, 5.41) is 2.15. The molecule has 144 valence electrons. The maximum Gasteiger partial charge on any atom is 0.227 e. The van der Waals surface area contributed by atoms with E-state index in [2.05, 4.69) is 20.2 Å². The number of hydrogen-bond donors (Lipinski definition) is 0. The van der Waals surface area contributed by atoms with E-state index in [4.69, 9.17) is 4.74 Å². The van der Waals surface area contributed by atoms with E-state index in [-0.39, 0.29) is 5.92 Å². The molecule has 7 heteroatoms. The molecule has 0 bridgehead atoms. The molecule has 1 aromatic heterocycles. The molecule has 0 aliphatic carbocycles. The van der Waals surface area contributed by atoms with E-state index >= 15 is 0 Å². The highest BCUT2D eigenvalue weighted by Gasteiger charge is 2.33. The van der Waals surface area contributed by atoms with Gasteiger partial charge in [-0.15, -0.1) is 11.3 Å². The van der Waals surface area contributed by atoms with Gasteiger partial charge in [-0.3, -0.25) is 14.6 Å². The summed E-state index contributed by atoms with van der Waals surface area (Å²) in [6, 6.07) is 0.641. The quantitative estimate of drug-likeness (QED) is 0.798. The highest BCUT2D eigenvalue weighted by atomic mass is 32.1. The van der Waals surface area contributed by atoms with Crippen LogP contribution in [-0.2, 0) is 16.1 Å². The zero-order chi connectivity index (χ0) is 17.8. The predicted octanol–water partition coefficient (Wildman–Crippen LogP) is 1.68. The number of carbonyl (C=O) groups is 1. The van der Waals surface area contributed by atoms with E-state index in [1.165, 1.54) is 18.5 Å². The molecular formula is C19H30N4O2S. The Morgan fingerprint density at radius 2 is 1.96 bits per heavy atom. The Bertz CT molecular complexity index is 568. The molecule has 3 saturated heterocycles. The van der Waals surface area contributed by atoms with Gasteiger partial charge < -0.3 is 9.64 Å². The van der Waals surface area contributed by atoms with Crippen LogP contribution in [0.4, 0.5) is 0 Å². The van der Waals surface area contributed by atoms with Crippen molar-refractivity contribution in [3.05, 3.63) is 16.6 Å². The molecule has 1 amide bonds. The van der Waals surface area contributed by atoms with Crippen LogP contribution < -0.4 is 0 Å². The predicted molar refractivity (Wildman–Crippen MR) is 102 cm³/mol. The van der Waals surface area contributed by atoms with Crippen LogP contribution in [0.2, 0.25) is 0 Å². The van der Waals surface area contributed by atoms with Crippen LogP contribution in [0.25, 0.3) is 0 Å². The molecule has 0 unspecified atom stereocenters. The Morgan fingerprint density at radius 3 is 2.69 bits per heavy atom. The molecule has 26 heavy (non-hydrogen) atoms. The summed E-state index contributed by atoms with van der Waals surface area (Å²) in [4.78, 5) is 24.4. The maximum atomic E-state index is 12.8. The van der Waals surface area contributed by atoms with Gasteiger partial charge in [-0.05, 0) is 32.2 Å². The molecule has 0 N–H and O–H groups in total. The molecular weight excluding hydrogens is 348 g/mol. The van der Waals surface area contributed by atoms with E-state index in [0.717, 1.165) is 58.7 Å². The highest BCUT2D eigenvalue weighted by molar-refractivity contribution is 7.07. The second-order valence-electron chi connectivity index (χ2n) is 7.76. The van der Waals surface area contributed by atoms with Crippen molar-refractivity contribution in [3.8, 4) is 0 Å². The van der Waals surface area contributed by atoms with Crippen LogP contribution in [0.1, 0.15) is 31.4 Å². The molecule has 0 saturated carbocycles. The first-order valence-electron chi connectivity index (χ1n) is 9.99. The zero-order valence-corrected chi connectivity index (χ0v) is 16.3. The fourth-order valence-electron chi connectivity index (χ4n) is 4.57. The van der Waals surface area contributed by atoms with Crippen molar-refractivity contribution in [1.29, 1.82) is 0 Å². The number of thiazole rings is 1. The molecule has 6 nitrogen and oxygen atoms in total. The summed E-state index contributed by atoms with van der Waals surface area (Å²) >= 11 is 1.68. The van der Waals surface area contributed by atoms with Crippen molar-refractivity contribution < 1.29 is 9.53 Å². The lowest BCUT2D eigenvalue weighted by Crippen LogP contribution is -2.52. The number of rotatable bonds is 4.